The molecule has 102 valence electrons. The first-order chi connectivity index (χ1) is 9.31. The van der Waals surface area contributed by atoms with Crippen LogP contribution in [0.4, 0.5) is 0 Å². The van der Waals surface area contributed by atoms with Gasteiger partial charge in [0.2, 0.25) is 0 Å². The summed E-state index contributed by atoms with van der Waals surface area (Å²) in [5, 5.41) is 4.18. The molecule has 0 radical (unpaired) electrons. The van der Waals surface area contributed by atoms with E-state index in [0.717, 1.165) is 37.8 Å². The number of hydrogen-bond donors (Lipinski definition) is 1. The minimum Gasteiger partial charge on any atom is -0.323 e. The molecule has 0 amide bonds. The van der Waals surface area contributed by atoms with E-state index in [1.54, 1.807) is 0 Å². The van der Waals surface area contributed by atoms with Crippen LogP contribution in [-0.4, -0.2) is 9.59 Å². The van der Waals surface area contributed by atoms with E-state index in [4.69, 9.17) is 5.73 Å². The Bertz CT molecular complexity index is 481. The first-order valence-electron chi connectivity index (χ1n) is 6.92. The highest BCUT2D eigenvalue weighted by molar-refractivity contribution is 7.05. The number of hydrogen-bond acceptors (Lipinski definition) is 4. The van der Waals surface area contributed by atoms with E-state index >= 15 is 0 Å². The predicted octanol–water partition coefficient (Wildman–Crippen LogP) is 3.51. The summed E-state index contributed by atoms with van der Waals surface area (Å²) in [6, 6.07) is 10.6. The number of rotatable bonds is 7. The largest absolute Gasteiger partial charge is 0.323 e. The molecule has 0 spiro atoms. The summed E-state index contributed by atoms with van der Waals surface area (Å²) in [6.07, 6.45) is 5.27. The van der Waals surface area contributed by atoms with Crippen molar-refractivity contribution < 1.29 is 0 Å². The molecule has 0 aliphatic carbocycles. The monoisotopic (exact) mass is 275 g/mol. The summed E-state index contributed by atoms with van der Waals surface area (Å²) in [6.45, 7) is 2.16. The van der Waals surface area contributed by atoms with Gasteiger partial charge in [0.25, 0.3) is 0 Å². The van der Waals surface area contributed by atoms with Gasteiger partial charge in [-0.3, -0.25) is 0 Å². The smallest absolute Gasteiger partial charge is 0.0803 e. The van der Waals surface area contributed by atoms with Gasteiger partial charge in [-0.2, -0.15) is 0 Å². The van der Waals surface area contributed by atoms with E-state index < -0.39 is 0 Å². The molecule has 1 atom stereocenters. The number of aryl methyl sites for hydroxylation is 2. The first-order valence-corrected chi connectivity index (χ1v) is 7.69. The number of benzene rings is 1. The fourth-order valence-corrected chi connectivity index (χ4v) is 2.94. The van der Waals surface area contributed by atoms with Gasteiger partial charge in [0.15, 0.2) is 0 Å². The molecule has 0 bridgehead atoms. The van der Waals surface area contributed by atoms with Crippen LogP contribution < -0.4 is 5.73 Å². The number of aromatic nitrogens is 2. The molecule has 0 saturated heterocycles. The van der Waals surface area contributed by atoms with E-state index in [-0.39, 0.29) is 6.04 Å². The number of nitrogens with zero attached hydrogens (tertiary/aromatic N) is 2. The van der Waals surface area contributed by atoms with E-state index in [1.807, 2.05) is 0 Å². The van der Waals surface area contributed by atoms with Gasteiger partial charge >= 0.3 is 0 Å². The van der Waals surface area contributed by atoms with Crippen molar-refractivity contribution in [2.75, 3.05) is 0 Å². The molecule has 0 aliphatic heterocycles. The molecule has 1 aromatic carbocycles. The van der Waals surface area contributed by atoms with Crippen LogP contribution in [0.5, 0.6) is 0 Å². The van der Waals surface area contributed by atoms with Crippen molar-refractivity contribution >= 4 is 11.5 Å². The Balaban J connectivity index is 1.84. The van der Waals surface area contributed by atoms with Crippen molar-refractivity contribution in [2.45, 2.75) is 45.1 Å². The molecule has 0 fully saturated rings. The molecular weight excluding hydrogens is 254 g/mol. The Morgan fingerprint density at radius 3 is 2.74 bits per heavy atom. The first kappa shape index (κ1) is 14.2. The van der Waals surface area contributed by atoms with Gasteiger partial charge in [-0.05, 0) is 42.8 Å². The SMILES string of the molecule is CCCc1nnsc1C(N)CCCc1ccccc1. The third-order valence-corrected chi connectivity index (χ3v) is 4.13. The van der Waals surface area contributed by atoms with Gasteiger partial charge in [-0.1, -0.05) is 48.2 Å². The van der Waals surface area contributed by atoms with E-state index in [9.17, 15) is 0 Å². The van der Waals surface area contributed by atoms with Crippen LogP contribution in [-0.2, 0) is 12.8 Å². The zero-order valence-electron chi connectivity index (χ0n) is 11.4. The van der Waals surface area contributed by atoms with Crippen LogP contribution in [0, 0.1) is 0 Å². The lowest BCUT2D eigenvalue weighted by atomic mass is 10.0. The van der Waals surface area contributed by atoms with Crippen LogP contribution in [0.15, 0.2) is 30.3 Å². The second-order valence-electron chi connectivity index (χ2n) is 4.82. The minimum absolute atomic E-state index is 0.0882. The Morgan fingerprint density at radius 1 is 1.21 bits per heavy atom. The maximum atomic E-state index is 6.27. The molecule has 0 saturated carbocycles. The van der Waals surface area contributed by atoms with E-state index in [0.29, 0.717) is 0 Å². The lowest BCUT2D eigenvalue weighted by molar-refractivity contribution is 0.612. The quantitative estimate of drug-likeness (QED) is 0.841. The molecule has 19 heavy (non-hydrogen) atoms. The van der Waals surface area contributed by atoms with Gasteiger partial charge in [-0.25, -0.2) is 0 Å². The van der Waals surface area contributed by atoms with Crippen LogP contribution in [0.1, 0.15) is 48.4 Å². The highest BCUT2D eigenvalue weighted by atomic mass is 32.1. The molecule has 0 aliphatic rings. The van der Waals surface area contributed by atoms with E-state index in [1.165, 1.54) is 22.0 Å². The van der Waals surface area contributed by atoms with Gasteiger partial charge in [0.05, 0.1) is 10.6 Å². The highest BCUT2D eigenvalue weighted by Gasteiger charge is 2.14. The average Bonchev–Trinajstić information content (AvgIpc) is 2.89. The third kappa shape index (κ3) is 4.11. The summed E-state index contributed by atoms with van der Waals surface area (Å²) < 4.78 is 4.04. The maximum Gasteiger partial charge on any atom is 0.0803 e. The summed E-state index contributed by atoms with van der Waals surface area (Å²) in [5.74, 6) is 0. The molecule has 1 aromatic heterocycles. The van der Waals surface area contributed by atoms with E-state index in [2.05, 4.69) is 46.8 Å². The molecule has 2 N–H and O–H groups in total. The summed E-state index contributed by atoms with van der Waals surface area (Å²) in [4.78, 5) is 1.18. The normalized spacial score (nSPS) is 12.5. The zero-order chi connectivity index (χ0) is 13.5. The topological polar surface area (TPSA) is 51.8 Å². The third-order valence-electron chi connectivity index (χ3n) is 3.23. The van der Waals surface area contributed by atoms with Gasteiger partial charge in [-0.15, -0.1) is 5.10 Å². The van der Waals surface area contributed by atoms with Crippen molar-refractivity contribution in [3.8, 4) is 0 Å². The summed E-state index contributed by atoms with van der Waals surface area (Å²) in [5.41, 5.74) is 8.74. The second kappa shape index (κ2) is 7.36. The lowest BCUT2D eigenvalue weighted by Crippen LogP contribution is -2.11. The van der Waals surface area contributed by atoms with Crippen molar-refractivity contribution in [3.05, 3.63) is 46.5 Å². The van der Waals surface area contributed by atoms with Gasteiger partial charge in [0.1, 0.15) is 0 Å². The van der Waals surface area contributed by atoms with Gasteiger partial charge in [0, 0.05) is 6.04 Å². The Kier molecular flexibility index (Phi) is 5.48. The fourth-order valence-electron chi connectivity index (χ4n) is 2.21. The number of nitrogens with two attached hydrogens (primary N) is 1. The van der Waals surface area contributed by atoms with Crippen LogP contribution in [0.25, 0.3) is 0 Å². The Hall–Kier alpha value is -1.26. The molecule has 3 nitrogen and oxygen atoms in total. The summed E-state index contributed by atoms with van der Waals surface area (Å²) in [7, 11) is 0. The van der Waals surface area contributed by atoms with Crippen LogP contribution in [0.3, 0.4) is 0 Å². The Labute approximate surface area is 119 Å². The minimum atomic E-state index is 0.0882. The van der Waals surface area contributed by atoms with Crippen molar-refractivity contribution in [3.63, 3.8) is 0 Å². The molecular formula is C15H21N3S. The molecule has 1 heterocycles. The molecule has 2 aromatic rings. The van der Waals surface area contributed by atoms with Gasteiger partial charge < -0.3 is 5.73 Å². The Morgan fingerprint density at radius 2 is 2.00 bits per heavy atom. The van der Waals surface area contributed by atoms with Crippen molar-refractivity contribution in [1.29, 1.82) is 0 Å². The highest BCUT2D eigenvalue weighted by Crippen LogP contribution is 2.23. The zero-order valence-corrected chi connectivity index (χ0v) is 12.2. The summed E-state index contributed by atoms with van der Waals surface area (Å²) >= 11 is 1.46. The van der Waals surface area contributed by atoms with Crippen molar-refractivity contribution in [2.24, 2.45) is 5.73 Å². The molecule has 4 heteroatoms. The average molecular weight is 275 g/mol. The fraction of sp³-hybridized carbons (Fsp3) is 0.467. The second-order valence-corrected chi connectivity index (χ2v) is 5.60. The standard InChI is InChI=1S/C15H21N3S/c1-2-7-14-15(19-18-17-14)13(16)11-6-10-12-8-4-3-5-9-12/h3-5,8-9,13H,2,6-7,10-11,16H2,1H3. The van der Waals surface area contributed by atoms with Crippen molar-refractivity contribution in [1.82, 2.24) is 9.59 Å². The molecule has 1 unspecified atom stereocenters. The predicted molar refractivity (Wildman–Crippen MR) is 80.2 cm³/mol. The van der Waals surface area contributed by atoms with Crippen LogP contribution >= 0.6 is 11.5 Å². The maximum absolute atomic E-state index is 6.27. The molecule has 2 rings (SSSR count). The lowest BCUT2D eigenvalue weighted by Gasteiger charge is -2.10. The van der Waals surface area contributed by atoms with Crippen LogP contribution in [0.2, 0.25) is 0 Å².